The van der Waals surface area contributed by atoms with Gasteiger partial charge in [-0.3, -0.25) is 9.48 Å². The number of hydrogen-bond acceptors (Lipinski definition) is 2. The van der Waals surface area contributed by atoms with Crippen LogP contribution in [0.4, 0.5) is 13.2 Å². The molecule has 0 spiro atoms. The third-order valence-corrected chi connectivity index (χ3v) is 3.84. The maximum atomic E-state index is 12.5. The number of carbonyl (C=O) groups excluding carboxylic acids is 1. The fourth-order valence-electron chi connectivity index (χ4n) is 2.65. The molecule has 1 heterocycles. The summed E-state index contributed by atoms with van der Waals surface area (Å²) >= 11 is 0. The molecule has 4 nitrogen and oxygen atoms in total. The molecule has 0 bridgehead atoms. The quantitative estimate of drug-likeness (QED) is 0.850. The van der Waals surface area contributed by atoms with E-state index in [4.69, 9.17) is 0 Å². The van der Waals surface area contributed by atoms with Gasteiger partial charge in [-0.1, -0.05) is 12.8 Å². The maximum Gasteiger partial charge on any atom is 0.435 e. The third kappa shape index (κ3) is 4.22. The maximum absolute atomic E-state index is 12.5. The Morgan fingerprint density at radius 2 is 2.10 bits per heavy atom. The molecule has 1 aliphatic carbocycles. The van der Waals surface area contributed by atoms with E-state index in [1.807, 2.05) is 0 Å². The zero-order chi connectivity index (χ0) is 15.5. The number of nitrogens with one attached hydrogen (secondary N) is 1. The second-order valence-electron chi connectivity index (χ2n) is 5.52. The molecule has 0 saturated heterocycles. The molecule has 1 aromatic rings. The number of rotatable bonds is 5. The number of halogens is 3. The van der Waals surface area contributed by atoms with Crippen LogP contribution in [0, 0.1) is 12.8 Å². The van der Waals surface area contributed by atoms with Crippen LogP contribution in [0.25, 0.3) is 0 Å². The number of aryl methyl sites for hydroxylation is 2. The lowest BCUT2D eigenvalue weighted by atomic mass is 10.1. The molecule has 1 N–H and O–H groups in total. The highest BCUT2D eigenvalue weighted by atomic mass is 19.4. The smallest absolute Gasteiger partial charge is 0.356 e. The minimum absolute atomic E-state index is 0.0701. The van der Waals surface area contributed by atoms with Crippen molar-refractivity contribution in [3.05, 3.63) is 17.5 Å². The van der Waals surface area contributed by atoms with E-state index in [2.05, 4.69) is 10.4 Å². The average Bonchev–Trinajstić information content (AvgIpc) is 3.03. The van der Waals surface area contributed by atoms with Gasteiger partial charge in [0.15, 0.2) is 5.69 Å². The van der Waals surface area contributed by atoms with E-state index >= 15 is 0 Å². The van der Waals surface area contributed by atoms with Gasteiger partial charge < -0.3 is 5.32 Å². The van der Waals surface area contributed by atoms with Crippen molar-refractivity contribution >= 4 is 5.91 Å². The lowest BCUT2D eigenvalue weighted by Gasteiger charge is -2.10. The van der Waals surface area contributed by atoms with Crippen molar-refractivity contribution < 1.29 is 18.0 Å². The van der Waals surface area contributed by atoms with Gasteiger partial charge in [0.1, 0.15) is 0 Å². The Labute approximate surface area is 121 Å². The number of amides is 1. The van der Waals surface area contributed by atoms with E-state index in [0.29, 0.717) is 25.2 Å². The van der Waals surface area contributed by atoms with Gasteiger partial charge in [0.05, 0.1) is 0 Å². The molecule has 0 aromatic carbocycles. The summed E-state index contributed by atoms with van der Waals surface area (Å²) in [4.78, 5) is 11.8. The fraction of sp³-hybridized carbons (Fsp3) is 0.714. The van der Waals surface area contributed by atoms with Gasteiger partial charge in [0.2, 0.25) is 5.91 Å². The second-order valence-corrected chi connectivity index (χ2v) is 5.52. The minimum Gasteiger partial charge on any atom is -0.356 e. The Kier molecular flexibility index (Phi) is 4.90. The van der Waals surface area contributed by atoms with Crippen LogP contribution in [-0.2, 0) is 17.5 Å². The number of alkyl halides is 3. The molecule has 1 saturated carbocycles. The number of nitrogens with zero attached hydrogens (tertiary/aromatic N) is 2. The Balaban J connectivity index is 1.76. The molecule has 0 unspecified atom stereocenters. The number of hydrogen-bond donors (Lipinski definition) is 1. The van der Waals surface area contributed by atoms with E-state index in [1.54, 1.807) is 6.92 Å². The highest BCUT2D eigenvalue weighted by molar-refractivity contribution is 5.78. The lowest BCUT2D eigenvalue weighted by Crippen LogP contribution is -2.30. The van der Waals surface area contributed by atoms with Gasteiger partial charge in [0.25, 0.3) is 0 Å². The van der Waals surface area contributed by atoms with E-state index in [1.165, 1.54) is 4.68 Å². The molecule has 1 aliphatic rings. The van der Waals surface area contributed by atoms with Crippen molar-refractivity contribution in [1.82, 2.24) is 15.1 Å². The van der Waals surface area contributed by atoms with Crippen LogP contribution in [0.5, 0.6) is 0 Å². The third-order valence-electron chi connectivity index (χ3n) is 3.84. The predicted molar refractivity (Wildman–Crippen MR) is 71.6 cm³/mol. The Morgan fingerprint density at radius 1 is 1.43 bits per heavy atom. The minimum atomic E-state index is -4.41. The average molecular weight is 303 g/mol. The zero-order valence-electron chi connectivity index (χ0n) is 12.0. The van der Waals surface area contributed by atoms with E-state index in [9.17, 15) is 18.0 Å². The molecular weight excluding hydrogens is 283 g/mol. The first-order chi connectivity index (χ1) is 9.88. The van der Waals surface area contributed by atoms with Crippen LogP contribution in [0.2, 0.25) is 0 Å². The Hall–Kier alpha value is -1.53. The lowest BCUT2D eigenvalue weighted by molar-refractivity contribution is -0.141. The van der Waals surface area contributed by atoms with Gasteiger partial charge in [-0.05, 0) is 32.3 Å². The molecule has 21 heavy (non-hydrogen) atoms. The van der Waals surface area contributed by atoms with Crippen molar-refractivity contribution in [3.63, 3.8) is 0 Å². The molecule has 1 amide bonds. The van der Waals surface area contributed by atoms with Gasteiger partial charge in [-0.15, -0.1) is 0 Å². The zero-order valence-corrected chi connectivity index (χ0v) is 12.0. The molecule has 0 radical (unpaired) electrons. The van der Waals surface area contributed by atoms with Crippen LogP contribution in [0.15, 0.2) is 6.07 Å². The van der Waals surface area contributed by atoms with Crippen molar-refractivity contribution in [3.8, 4) is 0 Å². The van der Waals surface area contributed by atoms with Gasteiger partial charge in [-0.25, -0.2) is 0 Å². The molecule has 0 atom stereocenters. The van der Waals surface area contributed by atoms with Crippen molar-refractivity contribution in [2.45, 2.75) is 51.7 Å². The largest absolute Gasteiger partial charge is 0.435 e. The first kappa shape index (κ1) is 15.9. The normalized spacial score (nSPS) is 16.4. The number of carbonyl (C=O) groups is 1. The molecule has 1 fully saturated rings. The van der Waals surface area contributed by atoms with Gasteiger partial charge in [0, 0.05) is 24.7 Å². The summed E-state index contributed by atoms with van der Waals surface area (Å²) in [5.74, 6) is 0.189. The topological polar surface area (TPSA) is 46.9 Å². The Morgan fingerprint density at radius 3 is 2.67 bits per heavy atom. The summed E-state index contributed by atoms with van der Waals surface area (Å²) in [6.45, 7) is 2.43. The summed E-state index contributed by atoms with van der Waals surface area (Å²) in [6.07, 6.45) is 0.249. The van der Waals surface area contributed by atoms with E-state index in [-0.39, 0.29) is 11.8 Å². The first-order valence-electron chi connectivity index (χ1n) is 7.27. The van der Waals surface area contributed by atoms with Crippen LogP contribution in [0.1, 0.15) is 43.5 Å². The highest BCUT2D eigenvalue weighted by Gasteiger charge is 2.34. The van der Waals surface area contributed by atoms with Crippen LogP contribution < -0.4 is 5.32 Å². The standard InChI is InChI=1S/C14H20F3N3O/c1-10-9-12(14(15,16)17)19-20(10)8-4-7-18-13(21)11-5-2-3-6-11/h9,11H,2-8H2,1H3,(H,18,21). The summed E-state index contributed by atoms with van der Waals surface area (Å²) < 4.78 is 38.9. The molecule has 7 heteroatoms. The van der Waals surface area contributed by atoms with Crippen molar-refractivity contribution in [2.75, 3.05) is 6.54 Å². The second kappa shape index (κ2) is 6.49. The molecule has 1 aromatic heterocycles. The summed E-state index contributed by atoms with van der Waals surface area (Å²) in [5.41, 5.74) is -0.389. The summed E-state index contributed by atoms with van der Waals surface area (Å²) in [5, 5.41) is 6.40. The summed E-state index contributed by atoms with van der Waals surface area (Å²) in [6, 6.07) is 1.04. The number of aromatic nitrogens is 2. The van der Waals surface area contributed by atoms with E-state index < -0.39 is 11.9 Å². The Bertz CT molecular complexity index is 490. The predicted octanol–water partition coefficient (Wildman–Crippen LogP) is 2.91. The first-order valence-corrected chi connectivity index (χ1v) is 7.27. The summed E-state index contributed by atoms with van der Waals surface area (Å²) in [7, 11) is 0. The van der Waals surface area contributed by atoms with Crippen molar-refractivity contribution in [1.29, 1.82) is 0 Å². The van der Waals surface area contributed by atoms with Gasteiger partial charge >= 0.3 is 6.18 Å². The SMILES string of the molecule is Cc1cc(C(F)(F)F)nn1CCCNC(=O)C1CCCC1. The van der Waals surface area contributed by atoms with Gasteiger partial charge in [-0.2, -0.15) is 18.3 Å². The monoisotopic (exact) mass is 303 g/mol. The molecule has 0 aliphatic heterocycles. The van der Waals surface area contributed by atoms with E-state index in [0.717, 1.165) is 31.7 Å². The van der Waals surface area contributed by atoms with Crippen molar-refractivity contribution in [2.24, 2.45) is 5.92 Å². The highest BCUT2D eigenvalue weighted by Crippen LogP contribution is 2.28. The van der Waals surface area contributed by atoms with Crippen LogP contribution >= 0.6 is 0 Å². The molecular formula is C14H20F3N3O. The van der Waals surface area contributed by atoms with Crippen LogP contribution in [-0.4, -0.2) is 22.2 Å². The molecule has 118 valence electrons. The van der Waals surface area contributed by atoms with Crippen LogP contribution in [0.3, 0.4) is 0 Å². The molecule has 2 rings (SSSR count). The fourth-order valence-corrected chi connectivity index (χ4v) is 2.65.